The molecule has 1 aromatic carbocycles. The van der Waals surface area contributed by atoms with Crippen LogP contribution in [-0.2, 0) is 22.9 Å². The first kappa shape index (κ1) is 20.9. The molecule has 1 aromatic heterocycles. The van der Waals surface area contributed by atoms with Crippen LogP contribution in [0.5, 0.6) is 0 Å². The minimum absolute atomic E-state index is 0.0127. The molecule has 4 N–H and O–H groups in total. The van der Waals surface area contributed by atoms with Crippen LogP contribution in [0.3, 0.4) is 0 Å². The standard InChI is InChI=1S/C20H23N3O5S/c1-20(2)10-16-14(17(24)11-20)9-15(19(26)23-16)18(25)22-8-7-12-3-5-13(6-4-12)29(21,27)28/h3-6,9H,7-8,10-11H2,1-2H3,(H,22,25)(H,23,26)(H2,21,27,28). The van der Waals surface area contributed by atoms with Gasteiger partial charge in [0.15, 0.2) is 5.78 Å². The SMILES string of the molecule is CC1(C)CC(=O)c2cc(C(=O)NCCc3ccc(S(N)(=O)=O)cc3)c(=O)[nH]c2C1. The summed E-state index contributed by atoms with van der Waals surface area (Å²) in [5.74, 6) is -0.649. The van der Waals surface area contributed by atoms with Gasteiger partial charge in [-0.25, -0.2) is 13.6 Å². The van der Waals surface area contributed by atoms with Crippen molar-refractivity contribution in [1.29, 1.82) is 0 Å². The van der Waals surface area contributed by atoms with Crippen LogP contribution in [0.15, 0.2) is 40.0 Å². The number of hydrogen-bond acceptors (Lipinski definition) is 5. The van der Waals surface area contributed by atoms with Crippen LogP contribution in [0, 0.1) is 5.41 Å². The second-order valence-corrected chi connectivity index (χ2v) is 9.60. The third-order valence-corrected chi connectivity index (χ3v) is 5.84. The van der Waals surface area contributed by atoms with Crippen LogP contribution >= 0.6 is 0 Å². The van der Waals surface area contributed by atoms with Gasteiger partial charge in [0.05, 0.1) is 4.90 Å². The second kappa shape index (κ2) is 7.57. The number of carbonyl (C=O) groups is 2. The fraction of sp³-hybridized carbons (Fsp3) is 0.350. The first-order chi connectivity index (χ1) is 13.5. The maximum absolute atomic E-state index is 12.4. The van der Waals surface area contributed by atoms with E-state index in [4.69, 9.17) is 5.14 Å². The molecule has 1 amide bonds. The van der Waals surface area contributed by atoms with Gasteiger partial charge in [0.1, 0.15) is 5.56 Å². The summed E-state index contributed by atoms with van der Waals surface area (Å²) in [6.45, 7) is 4.16. The number of nitrogens with two attached hydrogens (primary N) is 1. The van der Waals surface area contributed by atoms with Crippen molar-refractivity contribution in [2.75, 3.05) is 6.54 Å². The molecule has 0 radical (unpaired) electrons. The fourth-order valence-corrected chi connectivity index (χ4v) is 3.97. The minimum atomic E-state index is -3.75. The van der Waals surface area contributed by atoms with Crippen molar-refractivity contribution in [3.05, 3.63) is 63.1 Å². The average molecular weight is 417 g/mol. The van der Waals surface area contributed by atoms with Gasteiger partial charge in [0.25, 0.3) is 11.5 Å². The van der Waals surface area contributed by atoms with Gasteiger partial charge in [-0.3, -0.25) is 14.4 Å². The summed E-state index contributed by atoms with van der Waals surface area (Å²) in [4.78, 5) is 39.8. The summed E-state index contributed by atoms with van der Waals surface area (Å²) in [5.41, 5.74) is 0.922. The van der Waals surface area contributed by atoms with Gasteiger partial charge in [0, 0.05) is 24.2 Å². The molecule has 1 aliphatic rings. The number of benzene rings is 1. The molecule has 0 spiro atoms. The number of pyridine rings is 1. The predicted molar refractivity (Wildman–Crippen MR) is 107 cm³/mol. The Morgan fingerprint density at radius 1 is 1.17 bits per heavy atom. The molecule has 29 heavy (non-hydrogen) atoms. The van der Waals surface area contributed by atoms with E-state index in [1.807, 2.05) is 13.8 Å². The molecule has 0 atom stereocenters. The third kappa shape index (κ3) is 4.80. The molecule has 0 bridgehead atoms. The van der Waals surface area contributed by atoms with E-state index in [1.54, 1.807) is 12.1 Å². The highest BCUT2D eigenvalue weighted by Crippen LogP contribution is 2.33. The van der Waals surface area contributed by atoms with E-state index in [0.29, 0.717) is 30.5 Å². The van der Waals surface area contributed by atoms with Gasteiger partial charge < -0.3 is 10.3 Å². The number of aromatic nitrogens is 1. The Morgan fingerprint density at radius 2 is 1.83 bits per heavy atom. The van der Waals surface area contributed by atoms with E-state index in [-0.39, 0.29) is 28.2 Å². The van der Waals surface area contributed by atoms with Crippen molar-refractivity contribution >= 4 is 21.7 Å². The highest BCUT2D eigenvalue weighted by molar-refractivity contribution is 7.89. The maximum atomic E-state index is 12.4. The lowest BCUT2D eigenvalue weighted by molar-refractivity contribution is 0.0910. The van der Waals surface area contributed by atoms with Gasteiger partial charge >= 0.3 is 0 Å². The fourth-order valence-electron chi connectivity index (χ4n) is 3.46. The molecule has 3 rings (SSSR count). The number of fused-ring (bicyclic) bond motifs is 1. The van der Waals surface area contributed by atoms with Crippen LogP contribution in [-0.4, -0.2) is 31.6 Å². The first-order valence-electron chi connectivity index (χ1n) is 9.16. The first-order valence-corrected chi connectivity index (χ1v) is 10.7. The van der Waals surface area contributed by atoms with Crippen molar-refractivity contribution in [3.8, 4) is 0 Å². The number of carbonyl (C=O) groups excluding carboxylic acids is 2. The summed E-state index contributed by atoms with van der Waals surface area (Å²) < 4.78 is 22.5. The number of ketones is 1. The van der Waals surface area contributed by atoms with Crippen LogP contribution < -0.4 is 16.0 Å². The lowest BCUT2D eigenvalue weighted by Crippen LogP contribution is -2.35. The van der Waals surface area contributed by atoms with Gasteiger partial charge in [-0.15, -0.1) is 0 Å². The highest BCUT2D eigenvalue weighted by Gasteiger charge is 2.32. The van der Waals surface area contributed by atoms with E-state index >= 15 is 0 Å². The number of amides is 1. The largest absolute Gasteiger partial charge is 0.352 e. The Labute approximate surface area is 168 Å². The number of rotatable bonds is 5. The summed E-state index contributed by atoms with van der Waals surface area (Å²) in [6, 6.07) is 7.39. The molecule has 0 saturated carbocycles. The quantitative estimate of drug-likeness (QED) is 0.670. The molecule has 0 fully saturated rings. The molecule has 0 saturated heterocycles. The van der Waals surface area contributed by atoms with Crippen LogP contribution in [0.1, 0.15) is 52.2 Å². The number of Topliss-reactive ketones (excluding diaryl/α,β-unsaturated/α-hetero) is 1. The number of primary sulfonamides is 1. The van der Waals surface area contributed by atoms with Gasteiger partial charge in [-0.2, -0.15) is 0 Å². The lowest BCUT2D eigenvalue weighted by Gasteiger charge is -2.29. The lowest BCUT2D eigenvalue weighted by atomic mass is 9.75. The Morgan fingerprint density at radius 3 is 2.45 bits per heavy atom. The van der Waals surface area contributed by atoms with Crippen LogP contribution in [0.4, 0.5) is 0 Å². The molecule has 0 aliphatic heterocycles. The van der Waals surface area contributed by atoms with Crippen molar-refractivity contribution in [1.82, 2.24) is 10.3 Å². The topological polar surface area (TPSA) is 139 Å². The van der Waals surface area contributed by atoms with Crippen molar-refractivity contribution in [2.45, 2.75) is 38.0 Å². The molecular formula is C20H23N3O5S. The van der Waals surface area contributed by atoms with Crippen molar-refractivity contribution in [3.63, 3.8) is 0 Å². The van der Waals surface area contributed by atoms with Gasteiger partial charge in [0.2, 0.25) is 10.0 Å². The smallest absolute Gasteiger partial charge is 0.261 e. The number of sulfonamides is 1. The number of nitrogens with one attached hydrogen (secondary N) is 2. The van der Waals surface area contributed by atoms with E-state index in [9.17, 15) is 22.8 Å². The molecule has 8 nitrogen and oxygen atoms in total. The number of aromatic amines is 1. The summed E-state index contributed by atoms with van der Waals surface area (Å²) in [6.07, 6.45) is 1.37. The Kier molecular flexibility index (Phi) is 5.46. The van der Waals surface area contributed by atoms with E-state index in [1.165, 1.54) is 18.2 Å². The van der Waals surface area contributed by atoms with Crippen LogP contribution in [0.2, 0.25) is 0 Å². The van der Waals surface area contributed by atoms with E-state index < -0.39 is 21.5 Å². The number of hydrogen-bond donors (Lipinski definition) is 3. The molecule has 9 heteroatoms. The summed E-state index contributed by atoms with van der Waals surface area (Å²) in [5, 5.41) is 7.71. The Bertz CT molecular complexity index is 1130. The summed E-state index contributed by atoms with van der Waals surface area (Å²) >= 11 is 0. The zero-order chi connectivity index (χ0) is 21.4. The maximum Gasteiger partial charge on any atom is 0.261 e. The molecule has 2 aromatic rings. The minimum Gasteiger partial charge on any atom is -0.352 e. The molecule has 1 aliphatic carbocycles. The highest BCUT2D eigenvalue weighted by atomic mass is 32.2. The normalized spacial score (nSPS) is 15.6. The third-order valence-electron chi connectivity index (χ3n) is 4.91. The molecule has 0 unspecified atom stereocenters. The van der Waals surface area contributed by atoms with Crippen LogP contribution in [0.25, 0.3) is 0 Å². The number of H-pyrrole nitrogens is 1. The van der Waals surface area contributed by atoms with Gasteiger partial charge in [-0.1, -0.05) is 26.0 Å². The zero-order valence-electron chi connectivity index (χ0n) is 16.2. The molecule has 1 heterocycles. The molecule has 154 valence electrons. The van der Waals surface area contributed by atoms with Crippen molar-refractivity contribution < 1.29 is 18.0 Å². The zero-order valence-corrected chi connectivity index (χ0v) is 17.1. The second-order valence-electron chi connectivity index (χ2n) is 8.04. The van der Waals surface area contributed by atoms with E-state index in [0.717, 1.165) is 5.56 Å². The predicted octanol–water partition coefficient (Wildman–Crippen LogP) is 1.15. The monoisotopic (exact) mass is 417 g/mol. The van der Waals surface area contributed by atoms with Gasteiger partial charge in [-0.05, 0) is 42.0 Å². The Hall–Kier alpha value is -2.78. The Balaban J connectivity index is 1.68. The van der Waals surface area contributed by atoms with Crippen molar-refractivity contribution in [2.24, 2.45) is 10.6 Å². The molecular weight excluding hydrogens is 394 g/mol. The van der Waals surface area contributed by atoms with E-state index in [2.05, 4.69) is 10.3 Å². The average Bonchev–Trinajstić information content (AvgIpc) is 2.59. The summed E-state index contributed by atoms with van der Waals surface area (Å²) in [7, 11) is -3.75.